The number of carbonyl (C=O) groups excluding carboxylic acids is 1. The number of nitrogens with zero attached hydrogens (tertiary/aromatic N) is 6. The number of anilines is 1. The molecule has 1 aliphatic heterocycles. The number of aromatic nitrogens is 4. The van der Waals surface area contributed by atoms with Crippen molar-refractivity contribution in [1.29, 1.82) is 5.26 Å². The molecule has 214 valence electrons. The molecule has 14 heteroatoms. The number of amides is 1. The molecule has 3 N–H and O–H groups in total. The maximum Gasteiger partial charge on any atom is 0.259 e. The first-order valence-electron chi connectivity index (χ1n) is 13.0. The van der Waals surface area contributed by atoms with Gasteiger partial charge >= 0.3 is 0 Å². The summed E-state index contributed by atoms with van der Waals surface area (Å²) in [5.41, 5.74) is 7.26. The van der Waals surface area contributed by atoms with Gasteiger partial charge in [0.2, 0.25) is 0 Å². The van der Waals surface area contributed by atoms with Crippen LogP contribution in [0.2, 0.25) is 0 Å². The lowest BCUT2D eigenvalue weighted by Crippen LogP contribution is -2.40. The number of nitrogens with one attached hydrogen (secondary N) is 1. The van der Waals surface area contributed by atoms with E-state index in [2.05, 4.69) is 31.0 Å². The second kappa shape index (κ2) is 13.5. The average molecular weight is 573 g/mol. The number of fused-ring (bicyclic) bond motifs is 1. The highest BCUT2D eigenvalue weighted by Crippen LogP contribution is 2.47. The normalized spacial score (nSPS) is 21.8. The van der Waals surface area contributed by atoms with Gasteiger partial charge in [-0.05, 0) is 39.8 Å². The number of carbonyl (C=O) groups is 1. The van der Waals surface area contributed by atoms with Crippen molar-refractivity contribution in [3.63, 3.8) is 0 Å². The Morgan fingerprint density at radius 1 is 1.23 bits per heavy atom. The molecule has 0 bridgehead atoms. The minimum absolute atomic E-state index is 0.00766. The van der Waals surface area contributed by atoms with Gasteiger partial charge in [0.05, 0.1) is 38.1 Å². The molecule has 0 spiro atoms. The van der Waals surface area contributed by atoms with Gasteiger partial charge in [0.15, 0.2) is 29.4 Å². The molecule has 3 aromatic rings. The lowest BCUT2D eigenvalue weighted by atomic mass is 10.1. The number of nitriles is 1. The molecule has 0 saturated carbocycles. The first-order chi connectivity index (χ1) is 19.2. The second-order valence-electron chi connectivity index (χ2n) is 9.80. The topological polar surface area (TPSA) is 153 Å². The molecule has 1 amide bonds. The molecule has 2 aromatic heterocycles. The fraction of sp³-hybridized carbons (Fsp3) is 0.500. The quantitative estimate of drug-likeness (QED) is 0.241. The van der Waals surface area contributed by atoms with Gasteiger partial charge in [-0.3, -0.25) is 9.36 Å². The van der Waals surface area contributed by atoms with Crippen molar-refractivity contribution in [3.05, 3.63) is 48.5 Å². The van der Waals surface area contributed by atoms with E-state index >= 15 is 4.39 Å². The van der Waals surface area contributed by atoms with Gasteiger partial charge in [-0.25, -0.2) is 24.0 Å². The van der Waals surface area contributed by atoms with E-state index in [-0.39, 0.29) is 54.6 Å². The Labute approximate surface area is 233 Å². The predicted octanol–water partition coefficient (Wildman–Crippen LogP) is 3.93. The standard InChI is InChI=1S/C26H34FN8O4P/c1-16(2)35(17(3)4)40(37-12-8-11-28)38-13-19-21(29)20(27)26(39-19)34-15-32-22-23(30-14-31-24(22)34)33-25(36)18-9-6-5-7-10-18/h5-7,9-10,14-17,19-21,26H,8,12-13,29H2,1-4H3,(H,30,31,33,36)/t19-,20+,21-,26-,40?/m1/s1. The zero-order valence-corrected chi connectivity index (χ0v) is 23.7. The number of alkyl halides is 1. The van der Waals surface area contributed by atoms with Gasteiger partial charge in [-0.2, -0.15) is 5.26 Å². The fourth-order valence-corrected chi connectivity index (χ4v) is 6.08. The highest BCUT2D eigenvalue weighted by atomic mass is 31.2. The van der Waals surface area contributed by atoms with Gasteiger partial charge in [0, 0.05) is 17.6 Å². The lowest BCUT2D eigenvalue weighted by Gasteiger charge is -2.36. The predicted molar refractivity (Wildman–Crippen MR) is 148 cm³/mol. The largest absolute Gasteiger partial charge is 0.347 e. The summed E-state index contributed by atoms with van der Waals surface area (Å²) >= 11 is 0. The third-order valence-corrected chi connectivity index (χ3v) is 8.37. The van der Waals surface area contributed by atoms with Crippen LogP contribution in [0, 0.1) is 11.3 Å². The van der Waals surface area contributed by atoms with Gasteiger partial charge < -0.3 is 24.8 Å². The van der Waals surface area contributed by atoms with Crippen molar-refractivity contribution >= 4 is 31.4 Å². The van der Waals surface area contributed by atoms with Crippen LogP contribution in [-0.4, -0.2) is 73.7 Å². The monoisotopic (exact) mass is 572 g/mol. The third-order valence-electron chi connectivity index (χ3n) is 6.30. The molecule has 0 aliphatic carbocycles. The Morgan fingerprint density at radius 2 is 1.95 bits per heavy atom. The van der Waals surface area contributed by atoms with Crippen LogP contribution >= 0.6 is 8.53 Å². The molecule has 5 atom stereocenters. The van der Waals surface area contributed by atoms with E-state index < -0.39 is 33.1 Å². The van der Waals surface area contributed by atoms with Gasteiger partial charge in [0.25, 0.3) is 14.4 Å². The number of rotatable bonds is 12. The first kappa shape index (κ1) is 29.9. The zero-order valence-electron chi connectivity index (χ0n) is 22.8. The molecule has 40 heavy (non-hydrogen) atoms. The third kappa shape index (κ3) is 6.61. The highest BCUT2D eigenvalue weighted by Gasteiger charge is 2.45. The summed E-state index contributed by atoms with van der Waals surface area (Å²) in [5.74, 6) is -0.169. The second-order valence-corrected chi connectivity index (χ2v) is 11.2. The molecule has 1 unspecified atom stereocenters. The minimum Gasteiger partial charge on any atom is -0.347 e. The van der Waals surface area contributed by atoms with E-state index in [1.54, 1.807) is 24.3 Å². The minimum atomic E-state index is -1.58. The average Bonchev–Trinajstić information content (AvgIpc) is 3.48. The van der Waals surface area contributed by atoms with Crippen molar-refractivity contribution in [3.8, 4) is 6.07 Å². The van der Waals surface area contributed by atoms with E-state index in [9.17, 15) is 4.79 Å². The summed E-state index contributed by atoms with van der Waals surface area (Å²) in [6.07, 6.45) is -0.589. The van der Waals surface area contributed by atoms with Crippen LogP contribution in [0.15, 0.2) is 43.0 Å². The van der Waals surface area contributed by atoms with Crippen molar-refractivity contribution in [1.82, 2.24) is 24.2 Å². The molecule has 12 nitrogen and oxygen atoms in total. The van der Waals surface area contributed by atoms with E-state index in [1.807, 2.05) is 33.8 Å². The maximum absolute atomic E-state index is 15.5. The molecule has 1 aromatic carbocycles. The Bertz CT molecular complexity index is 1310. The molecule has 1 saturated heterocycles. The van der Waals surface area contributed by atoms with Gasteiger partial charge in [-0.15, -0.1) is 0 Å². The number of imidazole rings is 1. The molecule has 4 rings (SSSR count). The van der Waals surface area contributed by atoms with Crippen LogP contribution in [0.5, 0.6) is 0 Å². The van der Waals surface area contributed by atoms with Gasteiger partial charge in [-0.1, -0.05) is 18.2 Å². The molecular formula is C26H34FN8O4P. The Balaban J connectivity index is 1.49. The number of benzene rings is 1. The summed E-state index contributed by atoms with van der Waals surface area (Å²) < 4.78 is 37.1. The van der Waals surface area contributed by atoms with E-state index in [0.29, 0.717) is 5.56 Å². The summed E-state index contributed by atoms with van der Waals surface area (Å²) in [6.45, 7) is 8.32. The Hall–Kier alpha value is -3.11. The molecule has 1 aliphatic rings. The maximum atomic E-state index is 15.5. The smallest absolute Gasteiger partial charge is 0.259 e. The van der Waals surface area contributed by atoms with E-state index in [4.69, 9.17) is 24.8 Å². The van der Waals surface area contributed by atoms with Crippen LogP contribution in [0.4, 0.5) is 10.2 Å². The van der Waals surface area contributed by atoms with Crippen molar-refractivity contribution in [2.24, 2.45) is 5.73 Å². The highest BCUT2D eigenvalue weighted by molar-refractivity contribution is 7.44. The van der Waals surface area contributed by atoms with Crippen LogP contribution in [0.25, 0.3) is 11.2 Å². The van der Waals surface area contributed by atoms with Crippen molar-refractivity contribution in [2.75, 3.05) is 18.5 Å². The molecule has 3 heterocycles. The van der Waals surface area contributed by atoms with Crippen LogP contribution in [-0.2, 0) is 13.8 Å². The first-order valence-corrected chi connectivity index (χ1v) is 14.2. The number of nitrogens with two attached hydrogens (primary N) is 1. The lowest BCUT2D eigenvalue weighted by molar-refractivity contribution is -0.0341. The molecule has 1 fully saturated rings. The Morgan fingerprint density at radius 3 is 2.62 bits per heavy atom. The van der Waals surface area contributed by atoms with Crippen LogP contribution in [0.3, 0.4) is 0 Å². The zero-order chi connectivity index (χ0) is 28.8. The van der Waals surface area contributed by atoms with Gasteiger partial charge in [0.1, 0.15) is 12.4 Å². The van der Waals surface area contributed by atoms with Crippen molar-refractivity contribution < 1.29 is 23.0 Å². The molecular weight excluding hydrogens is 538 g/mol. The van der Waals surface area contributed by atoms with Crippen molar-refractivity contribution in [2.45, 2.75) is 70.7 Å². The van der Waals surface area contributed by atoms with Crippen LogP contribution < -0.4 is 11.1 Å². The van der Waals surface area contributed by atoms with E-state index in [0.717, 1.165) is 0 Å². The number of halogens is 1. The molecule has 0 radical (unpaired) electrons. The van der Waals surface area contributed by atoms with E-state index in [1.165, 1.54) is 17.2 Å². The summed E-state index contributed by atoms with van der Waals surface area (Å²) in [7, 11) is -1.54. The fourth-order valence-electron chi connectivity index (χ4n) is 4.46. The summed E-state index contributed by atoms with van der Waals surface area (Å²) in [4.78, 5) is 25.4. The number of hydrogen-bond donors (Lipinski definition) is 2. The summed E-state index contributed by atoms with van der Waals surface area (Å²) in [6, 6.07) is 9.99. The SMILES string of the molecule is CC(C)N(C(C)C)P(OCCC#N)OC[C@H]1O[C@@H](n2cnc3c(NC(=O)c4ccccc4)ncnc32)[C@@H](F)[C@@H]1N. The number of hydrogen-bond acceptors (Lipinski definition) is 10. The summed E-state index contributed by atoms with van der Waals surface area (Å²) in [5, 5.41) is 11.7. The van der Waals surface area contributed by atoms with Crippen LogP contribution in [0.1, 0.15) is 50.7 Å². The number of ether oxygens (including phenoxy) is 1. The Kier molecular flexibility index (Phi) is 10.1.